The number of carbonyl (C=O) groups excluding carboxylic acids is 11. The number of rotatable bonds is 37. The van der Waals surface area contributed by atoms with Crippen LogP contribution in [-0.4, -0.2) is 196 Å². The first-order valence-electron chi connectivity index (χ1n) is 35.0. The Kier molecular flexibility index (Phi) is 30.1. The summed E-state index contributed by atoms with van der Waals surface area (Å²) in [6, 6.07) is 18.2. The summed E-state index contributed by atoms with van der Waals surface area (Å²) in [5.74, 6) is -9.94. The van der Waals surface area contributed by atoms with Gasteiger partial charge in [0, 0.05) is 80.7 Å². The van der Waals surface area contributed by atoms with Crippen LogP contribution in [0.5, 0.6) is 5.75 Å². The highest BCUT2D eigenvalue weighted by atomic mass is 35.5. The van der Waals surface area contributed by atoms with Gasteiger partial charge in [-0.25, -0.2) is 0 Å². The molecule has 1 aromatic heterocycles. The number of anilines is 1. The number of phenolic OH excluding ortho intramolecular Hbond substituents is 1. The molecule has 1 saturated heterocycles. The first kappa shape index (κ1) is 82.0. The molecule has 11 amide bonds. The summed E-state index contributed by atoms with van der Waals surface area (Å²) in [4.78, 5) is 165. The number of likely N-dealkylation sites (N-methyl/N-ethyl adjacent to an activating group) is 1. The zero-order valence-corrected chi connectivity index (χ0v) is 60.9. The zero-order chi connectivity index (χ0) is 77.5. The molecule has 0 bridgehead atoms. The number of halogens is 1. The van der Waals surface area contributed by atoms with Crippen molar-refractivity contribution >= 4 is 116 Å². The van der Waals surface area contributed by atoms with E-state index in [0.717, 1.165) is 15.7 Å². The molecule has 2 heterocycles. The van der Waals surface area contributed by atoms with Crippen LogP contribution in [0.15, 0.2) is 121 Å². The lowest BCUT2D eigenvalue weighted by Gasteiger charge is -2.34. The molecule has 20 N–H and O–H groups in total. The van der Waals surface area contributed by atoms with Gasteiger partial charge in [-0.3, -0.25) is 68.5 Å². The number of fused-ring (bicyclic) bond motifs is 2. The molecular formula is C74H97ClN18O13. The van der Waals surface area contributed by atoms with Crippen molar-refractivity contribution in [2.45, 2.75) is 159 Å². The lowest BCUT2D eigenvalue weighted by atomic mass is 10.00. The van der Waals surface area contributed by atoms with Crippen molar-refractivity contribution in [1.82, 2.24) is 62.6 Å². The fourth-order valence-corrected chi connectivity index (χ4v) is 12.7. The van der Waals surface area contributed by atoms with E-state index in [1.54, 1.807) is 80.7 Å². The summed E-state index contributed by atoms with van der Waals surface area (Å²) in [5, 5.41) is 63.9. The molecule has 0 aliphatic carbocycles. The van der Waals surface area contributed by atoms with Gasteiger partial charge < -0.3 is 90.0 Å². The van der Waals surface area contributed by atoms with Gasteiger partial charge in [0.15, 0.2) is 11.9 Å². The number of phenols is 1. The van der Waals surface area contributed by atoms with Crippen molar-refractivity contribution in [2.24, 2.45) is 23.1 Å². The van der Waals surface area contributed by atoms with E-state index in [1.807, 2.05) is 30.3 Å². The number of nitrogens with one attached hydrogen (secondary N) is 12. The van der Waals surface area contributed by atoms with Gasteiger partial charge in [0.25, 0.3) is 5.91 Å². The molecule has 1 aliphatic rings. The number of aliphatic hydroxyl groups is 1. The van der Waals surface area contributed by atoms with Crippen molar-refractivity contribution in [3.05, 3.63) is 143 Å². The number of nitrogens with zero attached hydrogens (tertiary/aromatic N) is 3. The van der Waals surface area contributed by atoms with Gasteiger partial charge in [-0.05, 0) is 135 Å². The number of aromatic hydroxyl groups is 1. The van der Waals surface area contributed by atoms with Crippen molar-refractivity contribution in [2.75, 3.05) is 38.2 Å². The van der Waals surface area contributed by atoms with Crippen LogP contribution in [0.2, 0.25) is 5.02 Å². The SMILES string of the molecule is CC(=O)N[C@H](Cc1ccc(Cl)cc1)C(=O)N(c1ccc2ccccc2c1)[C@H](C)C(=O)N[C@H](Cc1c[nH]c2ccccc12)C(=O)N(C)[C@@H](CO)C(=O)N[C@@H](Cc1ccc(O)cc1)C(=O)N[C@H](CCCNC(=N)N)C(=O)N[C@@H](CC(C)C)C(=O)N[C@@H](CCCNC(=N)N)C(=O)N1CCC[C@H]1C(=O)N[C@H](C)C(N)=O. The molecule has 0 spiro atoms. The molecule has 568 valence electrons. The highest BCUT2D eigenvalue weighted by Crippen LogP contribution is 2.28. The van der Waals surface area contributed by atoms with E-state index < -0.39 is 138 Å². The second-order valence-electron chi connectivity index (χ2n) is 26.8. The predicted octanol–water partition coefficient (Wildman–Crippen LogP) is 1.43. The lowest BCUT2D eigenvalue weighted by molar-refractivity contribution is -0.144. The van der Waals surface area contributed by atoms with Gasteiger partial charge >= 0.3 is 0 Å². The maximum absolute atomic E-state index is 15.4. The molecule has 0 unspecified atom stereocenters. The molecule has 6 aromatic rings. The van der Waals surface area contributed by atoms with Gasteiger partial charge in [-0.1, -0.05) is 98.2 Å². The highest BCUT2D eigenvalue weighted by Gasteiger charge is 2.42. The second kappa shape index (κ2) is 39.0. The number of H-pyrrole nitrogens is 1. The minimum Gasteiger partial charge on any atom is -0.508 e. The summed E-state index contributed by atoms with van der Waals surface area (Å²) < 4.78 is 0. The van der Waals surface area contributed by atoms with Crippen molar-refractivity contribution < 1.29 is 63.0 Å². The number of guanidine groups is 2. The summed E-state index contributed by atoms with van der Waals surface area (Å²) in [7, 11) is 1.22. The predicted molar refractivity (Wildman–Crippen MR) is 400 cm³/mol. The van der Waals surface area contributed by atoms with Gasteiger partial charge in [-0.15, -0.1) is 0 Å². The molecule has 7 rings (SSSR count). The lowest BCUT2D eigenvalue weighted by Crippen LogP contribution is -2.62. The first-order chi connectivity index (χ1) is 50.4. The van der Waals surface area contributed by atoms with Gasteiger partial charge in [0.1, 0.15) is 66.2 Å². The maximum Gasteiger partial charge on any atom is 0.250 e. The van der Waals surface area contributed by atoms with E-state index in [0.29, 0.717) is 39.0 Å². The summed E-state index contributed by atoms with van der Waals surface area (Å²) in [6.07, 6.45) is 1.82. The number of aliphatic hydroxyl groups excluding tert-OH is 1. The van der Waals surface area contributed by atoms with Gasteiger partial charge in [0.2, 0.25) is 59.1 Å². The van der Waals surface area contributed by atoms with E-state index in [-0.39, 0.29) is 101 Å². The van der Waals surface area contributed by atoms with Crippen LogP contribution in [-0.2, 0) is 72.0 Å². The Balaban J connectivity index is 1.18. The second-order valence-corrected chi connectivity index (χ2v) is 27.2. The number of benzene rings is 5. The Morgan fingerprint density at radius 3 is 1.79 bits per heavy atom. The van der Waals surface area contributed by atoms with Crippen LogP contribution >= 0.6 is 11.6 Å². The summed E-state index contributed by atoms with van der Waals surface area (Å²) in [5.41, 5.74) is 19.1. The number of primary amides is 1. The molecule has 1 fully saturated rings. The normalized spacial score (nSPS) is 15.2. The quantitative estimate of drug-likeness (QED) is 0.0149. The Labute approximate surface area is 619 Å². The number of para-hydroxylation sites is 1. The number of nitrogens with two attached hydrogens (primary N) is 3. The Bertz CT molecular complexity index is 4140. The van der Waals surface area contributed by atoms with Crippen LogP contribution < -0.4 is 70.0 Å². The van der Waals surface area contributed by atoms with E-state index in [9.17, 15) is 43.8 Å². The fraction of sp³-hybridized carbons (Fsp3) is 0.419. The minimum atomic E-state index is -1.79. The molecule has 0 radical (unpaired) electrons. The topological polar surface area (TPSA) is 488 Å². The van der Waals surface area contributed by atoms with Crippen LogP contribution in [0.4, 0.5) is 5.69 Å². The number of hydrogen-bond donors (Lipinski definition) is 17. The van der Waals surface area contributed by atoms with E-state index >= 15 is 19.2 Å². The zero-order valence-electron chi connectivity index (χ0n) is 60.1. The number of likely N-dealkylation sites (tertiary alicyclic amines) is 1. The number of amides is 11. The molecule has 5 aromatic carbocycles. The number of hydrogen-bond acceptors (Lipinski definition) is 15. The largest absolute Gasteiger partial charge is 0.508 e. The minimum absolute atomic E-state index is 0.00796. The van der Waals surface area contributed by atoms with Crippen LogP contribution in [0, 0.1) is 16.7 Å². The fourth-order valence-electron chi connectivity index (χ4n) is 12.6. The summed E-state index contributed by atoms with van der Waals surface area (Å²) >= 11 is 6.22. The molecule has 1 aliphatic heterocycles. The molecule has 0 saturated carbocycles. The Morgan fingerprint density at radius 2 is 1.17 bits per heavy atom. The third-order valence-electron chi connectivity index (χ3n) is 18.2. The molecular weight excluding hydrogens is 1380 g/mol. The molecule has 31 nitrogen and oxygen atoms in total. The Morgan fingerprint density at radius 1 is 0.623 bits per heavy atom. The average Bonchev–Trinajstić information content (AvgIpc) is 0.829. The highest BCUT2D eigenvalue weighted by molar-refractivity contribution is 6.30. The average molecular weight is 1480 g/mol. The first-order valence-corrected chi connectivity index (χ1v) is 35.4. The third-order valence-corrected chi connectivity index (χ3v) is 18.5. The molecule has 106 heavy (non-hydrogen) atoms. The monoisotopic (exact) mass is 1480 g/mol. The number of aromatic nitrogens is 1. The van der Waals surface area contributed by atoms with E-state index in [1.165, 1.54) is 61.9 Å². The third kappa shape index (κ3) is 23.3. The van der Waals surface area contributed by atoms with Gasteiger partial charge in [-0.2, -0.15) is 0 Å². The van der Waals surface area contributed by atoms with Crippen LogP contribution in [0.1, 0.15) is 96.3 Å². The van der Waals surface area contributed by atoms with Crippen LogP contribution in [0.3, 0.4) is 0 Å². The molecule has 32 heteroatoms. The number of carbonyl (C=O) groups is 11. The standard InChI is InChI=1S/C74H97ClN18O13/c1-41(2)34-57(66(100)87-56(19-12-32-82-74(79)80)71(105)92-33-13-20-61(92)68(102)84-42(3)63(76)97)88-65(99)55(18-11-31-81-73(77)78)86-67(101)58(35-46-23-29-52(96)30-24-46)89-69(103)62(40-94)91(6)70(104)60(38-49-39-83-54-17-10-9-16-53(49)54)90-64(98)43(4)93(51-28-25-47-14-7-8-15-48(47)37-51)72(106)59(85-44(5)95)36-45-21-26-50(75)27-22-45/h7-10,14-17,21-30,37,39,41-43,55-62,83,94,96H,11-13,18-20,31-36,38,40H2,1-6H3,(H2,76,97)(H,84,102)(H,85,95)(H,86,101)(H,87,100)(H,88,99)(H,89,103)(H,90,98)(H4,77,78,81)(H4,79,80,82)/t42-,43-,55-,56+,57+,58+,59-,60-,61+,62+/m1/s1. The van der Waals surface area contributed by atoms with Crippen LogP contribution in [0.25, 0.3) is 21.7 Å². The van der Waals surface area contributed by atoms with Crippen molar-refractivity contribution in [1.29, 1.82) is 10.8 Å². The van der Waals surface area contributed by atoms with Crippen molar-refractivity contribution in [3.8, 4) is 5.75 Å². The number of aromatic amines is 1. The van der Waals surface area contributed by atoms with Crippen molar-refractivity contribution in [3.63, 3.8) is 0 Å². The Hall–Kier alpha value is -11.3. The maximum atomic E-state index is 15.4. The molecule has 10 atom stereocenters. The van der Waals surface area contributed by atoms with Gasteiger partial charge in [0.05, 0.1) is 6.61 Å². The van der Waals surface area contributed by atoms with E-state index in [4.69, 9.17) is 39.6 Å². The smallest absolute Gasteiger partial charge is 0.250 e. The summed E-state index contributed by atoms with van der Waals surface area (Å²) in [6.45, 7) is 6.90. The van der Waals surface area contributed by atoms with E-state index in [2.05, 4.69) is 52.8 Å².